The molecule has 1 aromatic rings. The molecule has 2 rings (SSSR count). The van der Waals surface area contributed by atoms with E-state index in [0.29, 0.717) is 11.8 Å². The van der Waals surface area contributed by atoms with Gasteiger partial charge >= 0.3 is 0 Å². The van der Waals surface area contributed by atoms with Gasteiger partial charge < -0.3 is 15.2 Å². The number of methoxy groups -OCH3 is 2. The van der Waals surface area contributed by atoms with Gasteiger partial charge in [0, 0.05) is 5.92 Å². The standard InChI is InChI=1S/C10H12N4O2/c1-15-8-7(6-3-5(6)4-11)9(16-2)14-10(12)13-8/h5-6H,3H2,1-2H3,(H2,12,13,14). The van der Waals surface area contributed by atoms with E-state index in [0.717, 1.165) is 12.0 Å². The number of aromatic nitrogens is 2. The zero-order chi connectivity index (χ0) is 11.7. The van der Waals surface area contributed by atoms with E-state index in [-0.39, 0.29) is 17.8 Å². The minimum Gasteiger partial charge on any atom is -0.481 e. The van der Waals surface area contributed by atoms with Crippen LogP contribution in [0.4, 0.5) is 5.95 Å². The van der Waals surface area contributed by atoms with Gasteiger partial charge in [-0.2, -0.15) is 15.2 Å². The fourth-order valence-corrected chi connectivity index (χ4v) is 1.73. The lowest BCUT2D eigenvalue weighted by atomic mass is 10.1. The van der Waals surface area contributed by atoms with Gasteiger partial charge in [-0.05, 0) is 6.42 Å². The predicted molar refractivity (Wildman–Crippen MR) is 56.0 cm³/mol. The predicted octanol–water partition coefficient (Wildman–Crippen LogP) is 0.703. The minimum absolute atomic E-state index is 0.00461. The molecule has 1 saturated carbocycles. The van der Waals surface area contributed by atoms with E-state index in [9.17, 15) is 0 Å². The topological polar surface area (TPSA) is 94.1 Å². The van der Waals surface area contributed by atoms with Crippen molar-refractivity contribution in [2.75, 3.05) is 20.0 Å². The van der Waals surface area contributed by atoms with Crippen LogP contribution in [0.15, 0.2) is 0 Å². The van der Waals surface area contributed by atoms with Crippen molar-refractivity contribution in [1.29, 1.82) is 5.26 Å². The highest BCUT2D eigenvalue weighted by Gasteiger charge is 2.43. The van der Waals surface area contributed by atoms with Gasteiger partial charge in [-0.1, -0.05) is 0 Å². The summed E-state index contributed by atoms with van der Waals surface area (Å²) in [6, 6.07) is 2.21. The highest BCUT2D eigenvalue weighted by Crippen LogP contribution is 2.52. The van der Waals surface area contributed by atoms with Gasteiger partial charge in [0.15, 0.2) is 0 Å². The van der Waals surface area contributed by atoms with Crippen LogP contribution in [0.25, 0.3) is 0 Å². The van der Waals surface area contributed by atoms with Gasteiger partial charge in [0.05, 0.1) is 31.8 Å². The quantitative estimate of drug-likeness (QED) is 0.805. The van der Waals surface area contributed by atoms with Crippen LogP contribution in [-0.2, 0) is 0 Å². The van der Waals surface area contributed by atoms with E-state index >= 15 is 0 Å². The number of rotatable bonds is 3. The third-order valence-electron chi connectivity index (χ3n) is 2.61. The van der Waals surface area contributed by atoms with Crippen LogP contribution in [0, 0.1) is 17.2 Å². The Labute approximate surface area is 93.0 Å². The van der Waals surface area contributed by atoms with E-state index in [1.165, 1.54) is 14.2 Å². The highest BCUT2D eigenvalue weighted by molar-refractivity contribution is 5.46. The summed E-state index contributed by atoms with van der Waals surface area (Å²) in [5, 5.41) is 8.82. The molecule has 0 saturated heterocycles. The van der Waals surface area contributed by atoms with E-state index < -0.39 is 0 Å². The number of nitrogens with zero attached hydrogens (tertiary/aromatic N) is 3. The second-order valence-corrected chi connectivity index (χ2v) is 3.59. The van der Waals surface area contributed by atoms with Crippen LogP contribution in [0.5, 0.6) is 11.8 Å². The van der Waals surface area contributed by atoms with Gasteiger partial charge in [-0.25, -0.2) is 0 Å². The lowest BCUT2D eigenvalue weighted by molar-refractivity contribution is 0.363. The molecule has 16 heavy (non-hydrogen) atoms. The normalized spacial score (nSPS) is 22.3. The van der Waals surface area contributed by atoms with Crippen LogP contribution in [0.3, 0.4) is 0 Å². The maximum absolute atomic E-state index is 8.82. The molecule has 6 heteroatoms. The van der Waals surface area contributed by atoms with E-state index in [1.54, 1.807) is 0 Å². The zero-order valence-corrected chi connectivity index (χ0v) is 9.10. The Kier molecular flexibility index (Phi) is 2.52. The summed E-state index contributed by atoms with van der Waals surface area (Å²) in [6.45, 7) is 0. The van der Waals surface area contributed by atoms with Gasteiger partial charge in [-0.15, -0.1) is 0 Å². The molecule has 2 N–H and O–H groups in total. The SMILES string of the molecule is COc1nc(N)nc(OC)c1C1CC1C#N. The number of hydrogen-bond acceptors (Lipinski definition) is 6. The molecule has 2 unspecified atom stereocenters. The first-order chi connectivity index (χ1) is 7.71. The molecule has 0 aromatic carbocycles. The summed E-state index contributed by atoms with van der Waals surface area (Å²) in [7, 11) is 3.02. The van der Waals surface area contributed by atoms with Crippen molar-refractivity contribution in [2.45, 2.75) is 12.3 Å². The Morgan fingerprint density at radius 1 is 1.31 bits per heavy atom. The van der Waals surface area contributed by atoms with Crippen LogP contribution in [0.2, 0.25) is 0 Å². The molecular formula is C10H12N4O2. The molecule has 1 aromatic heterocycles. The largest absolute Gasteiger partial charge is 0.481 e. The lowest BCUT2D eigenvalue weighted by Gasteiger charge is -2.10. The Bertz CT molecular complexity index is 430. The van der Waals surface area contributed by atoms with Crippen LogP contribution >= 0.6 is 0 Å². The number of anilines is 1. The molecule has 0 aliphatic heterocycles. The summed E-state index contributed by atoms with van der Waals surface area (Å²) in [4.78, 5) is 7.97. The number of nitriles is 1. The summed E-state index contributed by atoms with van der Waals surface area (Å²) in [6.07, 6.45) is 0.788. The molecule has 0 radical (unpaired) electrons. The average Bonchev–Trinajstić information content (AvgIpc) is 3.06. The van der Waals surface area contributed by atoms with Crippen molar-refractivity contribution in [3.63, 3.8) is 0 Å². The lowest BCUT2D eigenvalue weighted by Crippen LogP contribution is -2.05. The second kappa shape index (κ2) is 3.85. The number of nitrogen functional groups attached to an aromatic ring is 1. The Morgan fingerprint density at radius 3 is 2.25 bits per heavy atom. The number of ether oxygens (including phenoxy) is 2. The molecule has 1 fully saturated rings. The Morgan fingerprint density at radius 2 is 1.88 bits per heavy atom. The highest BCUT2D eigenvalue weighted by atomic mass is 16.5. The zero-order valence-electron chi connectivity index (χ0n) is 9.10. The summed E-state index contributed by atoms with van der Waals surface area (Å²) in [5.41, 5.74) is 6.26. The molecule has 84 valence electrons. The fraction of sp³-hybridized carbons (Fsp3) is 0.500. The van der Waals surface area contributed by atoms with Gasteiger partial charge in [-0.3, -0.25) is 0 Å². The van der Waals surface area contributed by atoms with E-state index in [1.807, 2.05) is 0 Å². The first kappa shape index (κ1) is 10.5. The fourth-order valence-electron chi connectivity index (χ4n) is 1.73. The average molecular weight is 220 g/mol. The monoisotopic (exact) mass is 220 g/mol. The minimum atomic E-state index is -0.00461. The number of hydrogen-bond donors (Lipinski definition) is 1. The molecule has 0 amide bonds. The van der Waals surface area contributed by atoms with Gasteiger partial charge in [0.2, 0.25) is 17.7 Å². The molecule has 6 nitrogen and oxygen atoms in total. The molecule has 0 bridgehead atoms. The second-order valence-electron chi connectivity index (χ2n) is 3.59. The smallest absolute Gasteiger partial charge is 0.226 e. The summed E-state index contributed by atoms with van der Waals surface area (Å²) >= 11 is 0. The third-order valence-corrected chi connectivity index (χ3v) is 2.61. The first-order valence-electron chi connectivity index (χ1n) is 4.86. The van der Waals surface area contributed by atoms with E-state index in [4.69, 9.17) is 20.5 Å². The Balaban J connectivity index is 2.46. The van der Waals surface area contributed by atoms with Crippen molar-refractivity contribution in [2.24, 2.45) is 5.92 Å². The van der Waals surface area contributed by atoms with Crippen LogP contribution < -0.4 is 15.2 Å². The molecule has 0 spiro atoms. The van der Waals surface area contributed by atoms with Crippen molar-refractivity contribution >= 4 is 5.95 Å². The van der Waals surface area contributed by atoms with Crippen molar-refractivity contribution in [3.8, 4) is 17.8 Å². The molecular weight excluding hydrogens is 208 g/mol. The summed E-state index contributed by atoms with van der Waals surface area (Å²) < 4.78 is 10.3. The van der Waals surface area contributed by atoms with Gasteiger partial charge in [0.1, 0.15) is 0 Å². The van der Waals surface area contributed by atoms with Crippen molar-refractivity contribution in [1.82, 2.24) is 9.97 Å². The van der Waals surface area contributed by atoms with E-state index in [2.05, 4.69) is 16.0 Å². The number of nitrogens with two attached hydrogens (primary N) is 1. The Hall–Kier alpha value is -2.03. The molecule has 1 heterocycles. The molecule has 1 aliphatic rings. The molecule has 2 atom stereocenters. The van der Waals surface area contributed by atoms with Crippen LogP contribution in [-0.4, -0.2) is 24.2 Å². The van der Waals surface area contributed by atoms with Crippen LogP contribution in [0.1, 0.15) is 17.9 Å². The maximum atomic E-state index is 8.82. The third kappa shape index (κ3) is 1.60. The first-order valence-corrected chi connectivity index (χ1v) is 4.86. The molecule has 1 aliphatic carbocycles. The van der Waals surface area contributed by atoms with Crippen molar-refractivity contribution in [3.05, 3.63) is 5.56 Å². The van der Waals surface area contributed by atoms with Gasteiger partial charge in [0.25, 0.3) is 0 Å². The van der Waals surface area contributed by atoms with Crippen molar-refractivity contribution < 1.29 is 9.47 Å². The maximum Gasteiger partial charge on any atom is 0.226 e. The summed E-state index contributed by atoms with van der Waals surface area (Å²) in [5.74, 6) is 0.983.